The van der Waals surface area contributed by atoms with Crippen LogP contribution < -0.4 is 9.64 Å². The first-order valence-electron chi connectivity index (χ1n) is 11.0. The molecule has 0 bridgehead atoms. The number of benzene rings is 3. The average molecular weight is 425 g/mol. The van der Waals surface area contributed by atoms with Crippen LogP contribution in [0, 0.1) is 0 Å². The molecule has 1 saturated heterocycles. The molecular weight excluding hydrogens is 396 g/mol. The lowest BCUT2D eigenvalue weighted by Crippen LogP contribution is -2.60. The Morgan fingerprint density at radius 1 is 0.938 bits per heavy atom. The molecule has 5 rings (SSSR count). The van der Waals surface area contributed by atoms with E-state index >= 15 is 0 Å². The maximum atomic E-state index is 13.4. The lowest BCUT2D eigenvalue weighted by molar-refractivity contribution is -0.131. The van der Waals surface area contributed by atoms with Crippen LogP contribution in [0.25, 0.3) is 6.08 Å². The number of nitrogens with zero attached hydrogens (tertiary/aromatic N) is 2. The van der Waals surface area contributed by atoms with E-state index in [9.17, 15) is 4.79 Å². The number of rotatable bonds is 5. The van der Waals surface area contributed by atoms with E-state index in [0.29, 0.717) is 13.1 Å². The fourth-order valence-electron chi connectivity index (χ4n) is 5.35. The van der Waals surface area contributed by atoms with Crippen LogP contribution in [0.15, 0.2) is 84.9 Å². The largest absolute Gasteiger partial charge is 0.497 e. The summed E-state index contributed by atoms with van der Waals surface area (Å²) in [6, 6.07) is 26.7. The highest BCUT2D eigenvalue weighted by atomic mass is 16.5. The van der Waals surface area contributed by atoms with Gasteiger partial charge in [-0.2, -0.15) is 0 Å². The third kappa shape index (κ3) is 2.94. The molecule has 4 heteroatoms. The van der Waals surface area contributed by atoms with Crippen LogP contribution >= 0.6 is 0 Å². The van der Waals surface area contributed by atoms with Crippen molar-refractivity contribution in [2.45, 2.75) is 31.5 Å². The van der Waals surface area contributed by atoms with Gasteiger partial charge in [0, 0.05) is 17.6 Å². The van der Waals surface area contributed by atoms with Crippen molar-refractivity contribution in [1.82, 2.24) is 4.90 Å². The molecule has 2 aliphatic heterocycles. The monoisotopic (exact) mass is 424 g/mol. The fourth-order valence-corrected chi connectivity index (χ4v) is 5.35. The topological polar surface area (TPSA) is 32.8 Å². The molecule has 0 saturated carbocycles. The van der Waals surface area contributed by atoms with Crippen LogP contribution in [0.3, 0.4) is 0 Å². The molecule has 0 spiro atoms. The molecule has 3 aromatic carbocycles. The van der Waals surface area contributed by atoms with Crippen molar-refractivity contribution in [3.8, 4) is 5.75 Å². The SMILES string of the molecule is COc1ccc(/C=C/[C@]23N(Cc4ccccc4)C(=O)CN2c2ccccc2C3(C)C)cc1. The molecule has 1 atom stereocenters. The molecule has 3 aromatic rings. The maximum absolute atomic E-state index is 13.4. The molecule has 2 heterocycles. The Hall–Kier alpha value is -3.53. The van der Waals surface area contributed by atoms with Gasteiger partial charge in [0.25, 0.3) is 0 Å². The summed E-state index contributed by atoms with van der Waals surface area (Å²) in [5.74, 6) is 0.980. The Morgan fingerprint density at radius 2 is 1.62 bits per heavy atom. The Bertz CT molecular complexity index is 1170. The fraction of sp³-hybridized carbons (Fsp3) is 0.250. The first-order valence-corrected chi connectivity index (χ1v) is 11.0. The van der Waals surface area contributed by atoms with Crippen molar-refractivity contribution in [2.24, 2.45) is 0 Å². The van der Waals surface area contributed by atoms with Crippen molar-refractivity contribution in [2.75, 3.05) is 18.6 Å². The molecule has 162 valence electrons. The number of methoxy groups -OCH3 is 1. The zero-order valence-corrected chi connectivity index (χ0v) is 18.8. The number of carbonyl (C=O) groups is 1. The molecule has 0 unspecified atom stereocenters. The van der Waals surface area contributed by atoms with Crippen molar-refractivity contribution < 1.29 is 9.53 Å². The minimum absolute atomic E-state index is 0.149. The molecule has 1 amide bonds. The summed E-state index contributed by atoms with van der Waals surface area (Å²) in [4.78, 5) is 17.8. The predicted molar refractivity (Wildman–Crippen MR) is 129 cm³/mol. The minimum atomic E-state index is -0.594. The highest BCUT2D eigenvalue weighted by Gasteiger charge is 2.63. The van der Waals surface area contributed by atoms with Gasteiger partial charge in [-0.15, -0.1) is 0 Å². The summed E-state index contributed by atoms with van der Waals surface area (Å²) in [5.41, 5.74) is 3.72. The quantitative estimate of drug-likeness (QED) is 0.561. The van der Waals surface area contributed by atoms with E-state index in [-0.39, 0.29) is 11.3 Å². The van der Waals surface area contributed by atoms with Gasteiger partial charge < -0.3 is 14.5 Å². The predicted octanol–water partition coefficient (Wildman–Crippen LogP) is 5.24. The van der Waals surface area contributed by atoms with Gasteiger partial charge in [0.2, 0.25) is 5.91 Å². The molecule has 0 N–H and O–H groups in total. The third-order valence-electron chi connectivity index (χ3n) is 7.01. The van der Waals surface area contributed by atoms with E-state index in [1.807, 2.05) is 42.5 Å². The summed E-state index contributed by atoms with van der Waals surface area (Å²) >= 11 is 0. The molecule has 0 radical (unpaired) electrons. The van der Waals surface area contributed by atoms with Gasteiger partial charge in [0.1, 0.15) is 11.4 Å². The maximum Gasteiger partial charge on any atom is 0.244 e. The van der Waals surface area contributed by atoms with Crippen LogP contribution in [-0.4, -0.2) is 30.1 Å². The average Bonchev–Trinajstić information content (AvgIpc) is 3.20. The highest BCUT2D eigenvalue weighted by Crippen LogP contribution is 2.56. The number of para-hydroxylation sites is 1. The Balaban J connectivity index is 1.64. The van der Waals surface area contributed by atoms with E-state index in [2.05, 4.69) is 72.2 Å². The van der Waals surface area contributed by atoms with E-state index in [4.69, 9.17) is 4.74 Å². The second-order valence-corrected chi connectivity index (χ2v) is 9.03. The summed E-state index contributed by atoms with van der Waals surface area (Å²) in [5, 5.41) is 0. The van der Waals surface area contributed by atoms with E-state index in [1.165, 1.54) is 5.56 Å². The highest BCUT2D eigenvalue weighted by molar-refractivity contribution is 5.91. The van der Waals surface area contributed by atoms with Crippen molar-refractivity contribution in [3.63, 3.8) is 0 Å². The van der Waals surface area contributed by atoms with Gasteiger partial charge in [-0.1, -0.05) is 80.6 Å². The normalized spacial score (nSPS) is 21.2. The second kappa shape index (κ2) is 7.56. The molecule has 2 aliphatic rings. The van der Waals surface area contributed by atoms with Crippen molar-refractivity contribution in [3.05, 3.63) is 102 Å². The van der Waals surface area contributed by atoms with Crippen LogP contribution in [0.4, 0.5) is 5.69 Å². The van der Waals surface area contributed by atoms with E-state index < -0.39 is 5.66 Å². The summed E-state index contributed by atoms with van der Waals surface area (Å²) in [7, 11) is 1.67. The second-order valence-electron chi connectivity index (χ2n) is 9.03. The van der Waals surface area contributed by atoms with Gasteiger partial charge in [0.15, 0.2) is 0 Å². The van der Waals surface area contributed by atoms with Gasteiger partial charge in [-0.05, 0) is 41.0 Å². The minimum Gasteiger partial charge on any atom is -0.497 e. The first kappa shape index (κ1) is 20.4. The summed E-state index contributed by atoms with van der Waals surface area (Å²) in [6.07, 6.45) is 4.36. The number of fused-ring (bicyclic) bond motifs is 3. The van der Waals surface area contributed by atoms with Gasteiger partial charge in [-0.3, -0.25) is 4.79 Å². The number of carbonyl (C=O) groups excluding carboxylic acids is 1. The number of amides is 1. The van der Waals surface area contributed by atoms with E-state index in [0.717, 1.165) is 22.6 Å². The zero-order valence-electron chi connectivity index (χ0n) is 18.8. The lowest BCUT2D eigenvalue weighted by atomic mass is 9.74. The Morgan fingerprint density at radius 3 is 2.34 bits per heavy atom. The Kier molecular flexibility index (Phi) is 4.81. The molecule has 0 aliphatic carbocycles. The molecule has 0 aromatic heterocycles. The van der Waals surface area contributed by atoms with Crippen molar-refractivity contribution >= 4 is 17.7 Å². The molecule has 1 fully saturated rings. The molecule has 4 nitrogen and oxygen atoms in total. The standard InChI is InChI=1S/C28H28N2O2/c1-27(2)24-11-7-8-12-25(24)29-20-26(31)30(19-22-9-5-4-6-10-22)28(27,29)18-17-21-13-15-23(32-3)16-14-21/h4-18H,19-20H2,1-3H3/b18-17+/t28-/m1/s1. The van der Waals surface area contributed by atoms with Crippen LogP contribution in [0.2, 0.25) is 0 Å². The smallest absolute Gasteiger partial charge is 0.244 e. The van der Waals surface area contributed by atoms with Crippen molar-refractivity contribution in [1.29, 1.82) is 0 Å². The Labute approximate surface area is 189 Å². The van der Waals surface area contributed by atoms with Gasteiger partial charge in [0.05, 0.1) is 13.7 Å². The first-order chi connectivity index (χ1) is 15.5. The van der Waals surface area contributed by atoms with Gasteiger partial charge in [-0.25, -0.2) is 0 Å². The van der Waals surface area contributed by atoms with Crippen LogP contribution in [0.1, 0.15) is 30.5 Å². The third-order valence-corrected chi connectivity index (χ3v) is 7.01. The number of hydrogen-bond donors (Lipinski definition) is 0. The van der Waals surface area contributed by atoms with Crippen LogP contribution in [-0.2, 0) is 16.8 Å². The number of anilines is 1. The molecule has 32 heavy (non-hydrogen) atoms. The molecular formula is C28H28N2O2. The lowest BCUT2D eigenvalue weighted by Gasteiger charge is -2.46. The van der Waals surface area contributed by atoms with Crippen LogP contribution in [0.5, 0.6) is 5.75 Å². The number of hydrogen-bond acceptors (Lipinski definition) is 3. The van der Waals surface area contributed by atoms with E-state index in [1.54, 1.807) is 7.11 Å². The zero-order chi connectivity index (χ0) is 22.3. The summed E-state index contributed by atoms with van der Waals surface area (Å²) in [6.45, 7) is 5.45. The number of ether oxygens (including phenoxy) is 1. The van der Waals surface area contributed by atoms with Gasteiger partial charge >= 0.3 is 0 Å². The summed E-state index contributed by atoms with van der Waals surface area (Å²) < 4.78 is 5.30.